The van der Waals surface area contributed by atoms with Crippen LogP contribution >= 0.6 is 0 Å². The third-order valence-corrected chi connectivity index (χ3v) is 3.78. The molecule has 0 unspecified atom stereocenters. The molecule has 2 rings (SSSR count). The molecule has 2 aliphatic rings. The number of morpholine rings is 2. The first-order valence-electron chi connectivity index (χ1n) is 7.95. The summed E-state index contributed by atoms with van der Waals surface area (Å²) < 4.78 is 8.93. The van der Waals surface area contributed by atoms with Crippen molar-refractivity contribution in [3.8, 4) is 0 Å². The van der Waals surface area contributed by atoms with Crippen molar-refractivity contribution in [2.75, 3.05) is 58.9 Å². The van der Waals surface area contributed by atoms with Gasteiger partial charge in [0.05, 0.1) is 32.7 Å². The number of ether oxygens (including phenoxy) is 2. The van der Waals surface area contributed by atoms with Gasteiger partial charge >= 0.3 is 23.9 Å². The molecule has 0 radical (unpaired) electrons. The Labute approximate surface area is 144 Å². The van der Waals surface area contributed by atoms with Gasteiger partial charge in [0.25, 0.3) is 0 Å². The van der Waals surface area contributed by atoms with Gasteiger partial charge in [0.1, 0.15) is 5.78 Å². The van der Waals surface area contributed by atoms with E-state index in [1.807, 2.05) is 4.90 Å². The Morgan fingerprint density at radius 3 is 1.52 bits per heavy atom. The number of carbonyl (C=O) groups excluding carboxylic acids is 5. The molecule has 2 saturated heterocycles. The van der Waals surface area contributed by atoms with Gasteiger partial charge in [0.2, 0.25) is 0 Å². The van der Waals surface area contributed by atoms with Crippen molar-refractivity contribution < 1.29 is 33.4 Å². The molecule has 10 heteroatoms. The largest absolute Gasteiger partial charge is 0.391 e. The SMILES string of the molecule is CC(=O)CN(CCN1CC(=O)OC(=O)C1)CCN1CC(=O)OC(=O)C1. The highest BCUT2D eigenvalue weighted by Crippen LogP contribution is 2.03. The minimum Gasteiger partial charge on any atom is -0.391 e. The molecule has 25 heavy (non-hydrogen) atoms. The lowest BCUT2D eigenvalue weighted by Crippen LogP contribution is -2.49. The maximum Gasteiger partial charge on any atom is 0.327 e. The van der Waals surface area contributed by atoms with Gasteiger partial charge in [0.15, 0.2) is 0 Å². The van der Waals surface area contributed by atoms with Gasteiger partial charge in [-0.2, -0.15) is 0 Å². The van der Waals surface area contributed by atoms with E-state index in [1.54, 1.807) is 9.80 Å². The number of rotatable bonds is 8. The van der Waals surface area contributed by atoms with E-state index in [1.165, 1.54) is 6.92 Å². The summed E-state index contributed by atoms with van der Waals surface area (Å²) in [5, 5.41) is 0. The summed E-state index contributed by atoms with van der Waals surface area (Å²) in [6.07, 6.45) is 0. The van der Waals surface area contributed by atoms with E-state index in [-0.39, 0.29) is 38.5 Å². The number of cyclic esters (lactones) is 4. The van der Waals surface area contributed by atoms with Gasteiger partial charge in [-0.3, -0.25) is 38.7 Å². The fraction of sp³-hybridized carbons (Fsp3) is 0.667. The van der Waals surface area contributed by atoms with Crippen molar-refractivity contribution in [1.82, 2.24) is 14.7 Å². The number of hydrogen-bond donors (Lipinski definition) is 0. The standard InChI is InChI=1S/C15H21N3O7/c1-11(19)6-16(2-4-17-7-12(20)24-13(21)8-17)3-5-18-9-14(22)25-15(23)10-18/h2-10H2,1H3. The van der Waals surface area contributed by atoms with E-state index in [9.17, 15) is 24.0 Å². The molecule has 0 aliphatic carbocycles. The first-order valence-corrected chi connectivity index (χ1v) is 7.95. The predicted molar refractivity (Wildman–Crippen MR) is 82.2 cm³/mol. The van der Waals surface area contributed by atoms with Crippen molar-refractivity contribution in [2.24, 2.45) is 0 Å². The van der Waals surface area contributed by atoms with Gasteiger partial charge in [0, 0.05) is 26.2 Å². The topological polar surface area (TPSA) is 114 Å². The van der Waals surface area contributed by atoms with Crippen LogP contribution in [0, 0.1) is 0 Å². The lowest BCUT2D eigenvalue weighted by molar-refractivity contribution is -0.168. The second kappa shape index (κ2) is 8.79. The van der Waals surface area contributed by atoms with E-state index < -0.39 is 23.9 Å². The van der Waals surface area contributed by atoms with Crippen LogP contribution in [0.5, 0.6) is 0 Å². The van der Waals surface area contributed by atoms with Crippen molar-refractivity contribution in [3.05, 3.63) is 0 Å². The molecule has 138 valence electrons. The van der Waals surface area contributed by atoms with Gasteiger partial charge in [-0.1, -0.05) is 0 Å². The number of ketones is 1. The Kier molecular flexibility index (Phi) is 6.73. The van der Waals surface area contributed by atoms with E-state index in [4.69, 9.17) is 0 Å². The predicted octanol–water partition coefficient (Wildman–Crippen LogP) is -2.35. The molecule has 2 fully saturated rings. The molecule has 0 aromatic carbocycles. The summed E-state index contributed by atoms with van der Waals surface area (Å²) in [7, 11) is 0. The Bertz CT molecular complexity index is 503. The Balaban J connectivity index is 1.82. The van der Waals surface area contributed by atoms with Crippen LogP contribution < -0.4 is 0 Å². The number of esters is 4. The fourth-order valence-electron chi connectivity index (χ4n) is 2.69. The maximum absolute atomic E-state index is 11.4. The third kappa shape index (κ3) is 6.69. The van der Waals surface area contributed by atoms with Gasteiger partial charge in [-0.25, -0.2) is 0 Å². The Morgan fingerprint density at radius 1 is 0.840 bits per heavy atom. The monoisotopic (exact) mass is 355 g/mol. The molecule has 0 aromatic rings. The van der Waals surface area contributed by atoms with E-state index in [2.05, 4.69) is 9.47 Å². The first kappa shape index (κ1) is 19.2. The maximum atomic E-state index is 11.4. The van der Waals surface area contributed by atoms with E-state index in [0.717, 1.165) is 0 Å². The summed E-state index contributed by atoms with van der Waals surface area (Å²) in [4.78, 5) is 61.7. The zero-order valence-corrected chi connectivity index (χ0v) is 14.1. The summed E-state index contributed by atoms with van der Waals surface area (Å²) in [5.74, 6) is -2.36. The van der Waals surface area contributed by atoms with Crippen LogP contribution in [0.15, 0.2) is 0 Å². The lowest BCUT2D eigenvalue weighted by atomic mass is 10.3. The molecule has 0 spiro atoms. The second-order valence-electron chi connectivity index (χ2n) is 6.09. The average Bonchev–Trinajstić information content (AvgIpc) is 2.47. The molecule has 0 atom stereocenters. The van der Waals surface area contributed by atoms with Crippen LogP contribution in [0.2, 0.25) is 0 Å². The molecule has 0 N–H and O–H groups in total. The van der Waals surface area contributed by atoms with Crippen molar-refractivity contribution in [3.63, 3.8) is 0 Å². The molecule has 0 amide bonds. The van der Waals surface area contributed by atoms with Gasteiger partial charge in [-0.15, -0.1) is 0 Å². The van der Waals surface area contributed by atoms with Gasteiger partial charge in [-0.05, 0) is 6.92 Å². The normalized spacial score (nSPS) is 19.9. The molecule has 0 bridgehead atoms. The molecule has 2 heterocycles. The first-order chi connectivity index (χ1) is 11.8. The minimum atomic E-state index is -0.584. The molecule has 10 nitrogen and oxygen atoms in total. The van der Waals surface area contributed by atoms with Crippen LogP contribution in [0.4, 0.5) is 0 Å². The third-order valence-electron chi connectivity index (χ3n) is 3.78. The second-order valence-corrected chi connectivity index (χ2v) is 6.09. The van der Waals surface area contributed by atoms with Crippen molar-refractivity contribution in [2.45, 2.75) is 6.92 Å². The quantitative estimate of drug-likeness (QED) is 0.346. The zero-order chi connectivity index (χ0) is 18.4. The number of carbonyl (C=O) groups is 5. The molecule has 0 saturated carbocycles. The van der Waals surface area contributed by atoms with Crippen molar-refractivity contribution in [1.29, 1.82) is 0 Å². The van der Waals surface area contributed by atoms with Crippen LogP contribution in [0.25, 0.3) is 0 Å². The van der Waals surface area contributed by atoms with Crippen LogP contribution in [-0.2, 0) is 33.4 Å². The number of hydrogen-bond acceptors (Lipinski definition) is 10. The highest BCUT2D eigenvalue weighted by Gasteiger charge is 2.26. The molecule has 2 aliphatic heterocycles. The molecule has 0 aromatic heterocycles. The summed E-state index contributed by atoms with van der Waals surface area (Å²) in [5.41, 5.74) is 0. The fourth-order valence-corrected chi connectivity index (χ4v) is 2.69. The summed E-state index contributed by atoms with van der Waals surface area (Å²) >= 11 is 0. The number of Topliss-reactive ketones (excluding diaryl/α,β-unsaturated/α-hetero) is 1. The summed E-state index contributed by atoms with van der Waals surface area (Å²) in [6.45, 7) is 3.59. The minimum absolute atomic E-state index is 0.0248. The van der Waals surface area contributed by atoms with Crippen molar-refractivity contribution >= 4 is 29.7 Å². The van der Waals surface area contributed by atoms with Crippen LogP contribution in [0.1, 0.15) is 6.92 Å². The number of nitrogens with zero attached hydrogens (tertiary/aromatic N) is 3. The van der Waals surface area contributed by atoms with Crippen LogP contribution in [0.3, 0.4) is 0 Å². The van der Waals surface area contributed by atoms with E-state index >= 15 is 0 Å². The average molecular weight is 355 g/mol. The van der Waals surface area contributed by atoms with E-state index in [0.29, 0.717) is 26.2 Å². The molecular weight excluding hydrogens is 334 g/mol. The highest BCUT2D eigenvalue weighted by molar-refractivity contribution is 5.90. The smallest absolute Gasteiger partial charge is 0.327 e. The highest BCUT2D eigenvalue weighted by atomic mass is 16.6. The summed E-state index contributed by atoms with van der Waals surface area (Å²) in [6, 6.07) is 0. The Hall–Kier alpha value is -2.17. The lowest BCUT2D eigenvalue weighted by Gasteiger charge is -2.30. The van der Waals surface area contributed by atoms with Gasteiger partial charge < -0.3 is 9.47 Å². The van der Waals surface area contributed by atoms with Crippen LogP contribution in [-0.4, -0.2) is 103 Å². The Morgan fingerprint density at radius 2 is 1.20 bits per heavy atom. The molecular formula is C15H21N3O7. The zero-order valence-electron chi connectivity index (χ0n) is 14.1.